The summed E-state index contributed by atoms with van der Waals surface area (Å²) in [7, 11) is 0. The Kier molecular flexibility index (Phi) is 10.9. The molecule has 0 bridgehead atoms. The zero-order valence-corrected chi connectivity index (χ0v) is 23.2. The van der Waals surface area contributed by atoms with Gasteiger partial charge in [-0.05, 0) is 25.0 Å². The van der Waals surface area contributed by atoms with Crippen LogP contribution in [0, 0.1) is 24.7 Å². The van der Waals surface area contributed by atoms with E-state index in [1.807, 2.05) is 74.5 Å². The first-order valence-electron chi connectivity index (χ1n) is 13.4. The summed E-state index contributed by atoms with van der Waals surface area (Å²) in [5.41, 5.74) is 1.78. The molecule has 1 saturated heterocycles. The van der Waals surface area contributed by atoms with E-state index in [1.54, 1.807) is 9.80 Å². The number of hydrogen-bond acceptors (Lipinski definition) is 4. The largest absolute Gasteiger partial charge is 0.334 e. The SMILES string of the molecule is C#CCN1CC(=O)N([C@@H](C)c2ccccc2)CCC(=O)N(CC#C)CC(=O)N([C@@H](C)c2ccccc2)CCC1=O. The molecular weight excluding hydrogens is 504 g/mol. The van der Waals surface area contributed by atoms with Gasteiger partial charge in [0, 0.05) is 25.9 Å². The highest BCUT2D eigenvalue weighted by atomic mass is 16.2. The maximum absolute atomic E-state index is 13.6. The predicted octanol–water partition coefficient (Wildman–Crippen LogP) is 2.88. The van der Waals surface area contributed by atoms with Crippen LogP contribution in [0.25, 0.3) is 0 Å². The zero-order valence-electron chi connectivity index (χ0n) is 23.2. The van der Waals surface area contributed by atoms with Gasteiger partial charge in [0.1, 0.15) is 13.1 Å². The molecule has 2 aromatic carbocycles. The molecule has 0 radical (unpaired) electrons. The standard InChI is InChI=1S/C32H36N4O4/c1-5-19-33-23-31(39)35(25(3)27-13-9-7-10-14-27)22-18-30(38)34(20-6-2)24-32(40)36(21-17-29(33)37)26(4)28-15-11-8-12-16-28/h1-2,7-16,25-26H,17-24H2,3-4H3/t25-,26-/m0/s1. The fourth-order valence-corrected chi connectivity index (χ4v) is 4.83. The quantitative estimate of drug-likeness (QED) is 0.528. The van der Waals surface area contributed by atoms with Crippen molar-refractivity contribution in [1.29, 1.82) is 0 Å². The van der Waals surface area contributed by atoms with Crippen molar-refractivity contribution < 1.29 is 19.2 Å². The first-order chi connectivity index (χ1) is 19.3. The van der Waals surface area contributed by atoms with Crippen molar-refractivity contribution in [3.63, 3.8) is 0 Å². The summed E-state index contributed by atoms with van der Waals surface area (Å²) in [6.45, 7) is 3.37. The van der Waals surface area contributed by atoms with Crippen molar-refractivity contribution >= 4 is 23.6 Å². The second-order valence-corrected chi connectivity index (χ2v) is 9.76. The van der Waals surface area contributed by atoms with Gasteiger partial charge >= 0.3 is 0 Å². The molecule has 208 valence electrons. The summed E-state index contributed by atoms with van der Waals surface area (Å²) >= 11 is 0. The summed E-state index contributed by atoms with van der Waals surface area (Å²) in [5.74, 6) is 3.64. The Morgan fingerprint density at radius 2 is 0.975 bits per heavy atom. The summed E-state index contributed by atoms with van der Waals surface area (Å²) in [6.07, 6.45) is 11.0. The Hall–Kier alpha value is -4.56. The molecule has 1 fully saturated rings. The van der Waals surface area contributed by atoms with Crippen molar-refractivity contribution in [2.45, 2.75) is 38.8 Å². The van der Waals surface area contributed by atoms with Crippen molar-refractivity contribution in [3.05, 3.63) is 71.8 Å². The molecule has 8 heteroatoms. The maximum Gasteiger partial charge on any atom is 0.242 e. The van der Waals surface area contributed by atoms with Gasteiger partial charge in [0.25, 0.3) is 0 Å². The van der Waals surface area contributed by atoms with Crippen LogP contribution in [0.5, 0.6) is 0 Å². The molecule has 40 heavy (non-hydrogen) atoms. The number of carbonyl (C=O) groups is 4. The molecule has 2 aromatic rings. The summed E-state index contributed by atoms with van der Waals surface area (Å²) in [4.78, 5) is 59.7. The second-order valence-electron chi connectivity index (χ2n) is 9.76. The molecule has 0 aliphatic carbocycles. The van der Waals surface area contributed by atoms with Gasteiger partial charge < -0.3 is 19.6 Å². The van der Waals surface area contributed by atoms with E-state index in [0.29, 0.717) is 0 Å². The lowest BCUT2D eigenvalue weighted by Gasteiger charge is -2.35. The van der Waals surface area contributed by atoms with E-state index in [0.717, 1.165) is 11.1 Å². The van der Waals surface area contributed by atoms with Crippen molar-refractivity contribution in [3.8, 4) is 24.7 Å². The molecule has 1 heterocycles. The van der Waals surface area contributed by atoms with Crippen LogP contribution in [-0.4, -0.2) is 82.5 Å². The minimum atomic E-state index is -0.359. The minimum absolute atomic E-state index is 0.0325. The van der Waals surface area contributed by atoms with Crippen molar-refractivity contribution in [2.24, 2.45) is 0 Å². The predicted molar refractivity (Wildman–Crippen MR) is 153 cm³/mol. The van der Waals surface area contributed by atoms with E-state index in [4.69, 9.17) is 12.8 Å². The Morgan fingerprint density at radius 3 is 1.30 bits per heavy atom. The van der Waals surface area contributed by atoms with Crippen LogP contribution in [0.15, 0.2) is 60.7 Å². The first-order valence-corrected chi connectivity index (χ1v) is 13.4. The molecule has 0 N–H and O–H groups in total. The normalized spacial score (nSPS) is 17.6. The fraction of sp³-hybridized carbons (Fsp3) is 0.375. The summed E-state index contributed by atoms with van der Waals surface area (Å²) in [6, 6.07) is 18.2. The third-order valence-electron chi connectivity index (χ3n) is 7.19. The van der Waals surface area contributed by atoms with Gasteiger partial charge in [-0.15, -0.1) is 12.8 Å². The zero-order chi connectivity index (χ0) is 29.1. The Balaban J connectivity index is 1.96. The molecule has 2 atom stereocenters. The summed E-state index contributed by atoms with van der Waals surface area (Å²) < 4.78 is 0. The number of benzene rings is 2. The van der Waals surface area contributed by atoms with Crippen LogP contribution < -0.4 is 0 Å². The van der Waals surface area contributed by atoms with Crippen LogP contribution in [0.1, 0.15) is 49.9 Å². The first kappa shape index (κ1) is 30.0. The van der Waals surface area contributed by atoms with Crippen LogP contribution in [0.2, 0.25) is 0 Å². The highest BCUT2D eigenvalue weighted by Gasteiger charge is 2.30. The van der Waals surface area contributed by atoms with E-state index in [2.05, 4.69) is 11.8 Å². The van der Waals surface area contributed by atoms with Crippen LogP contribution >= 0.6 is 0 Å². The van der Waals surface area contributed by atoms with E-state index in [-0.39, 0.29) is 87.8 Å². The van der Waals surface area contributed by atoms with Gasteiger partial charge in [0.05, 0.1) is 25.2 Å². The Morgan fingerprint density at radius 1 is 0.625 bits per heavy atom. The number of nitrogens with zero attached hydrogens (tertiary/aromatic N) is 4. The monoisotopic (exact) mass is 540 g/mol. The van der Waals surface area contributed by atoms with Gasteiger partial charge in [-0.2, -0.15) is 0 Å². The van der Waals surface area contributed by atoms with E-state index in [1.165, 1.54) is 9.80 Å². The van der Waals surface area contributed by atoms with E-state index < -0.39 is 0 Å². The third kappa shape index (κ3) is 7.74. The van der Waals surface area contributed by atoms with Gasteiger partial charge in [-0.25, -0.2) is 0 Å². The average Bonchev–Trinajstić information content (AvgIpc) is 2.96. The lowest BCUT2D eigenvalue weighted by Crippen LogP contribution is -2.49. The van der Waals surface area contributed by atoms with Crippen LogP contribution in [-0.2, 0) is 19.2 Å². The summed E-state index contributed by atoms with van der Waals surface area (Å²) in [5, 5.41) is 0. The van der Waals surface area contributed by atoms with Crippen molar-refractivity contribution in [2.75, 3.05) is 39.3 Å². The van der Waals surface area contributed by atoms with Gasteiger partial charge in [-0.1, -0.05) is 72.5 Å². The fourth-order valence-electron chi connectivity index (χ4n) is 4.83. The minimum Gasteiger partial charge on any atom is -0.334 e. The lowest BCUT2D eigenvalue weighted by atomic mass is 10.1. The van der Waals surface area contributed by atoms with Gasteiger partial charge in [-0.3, -0.25) is 19.2 Å². The average molecular weight is 541 g/mol. The van der Waals surface area contributed by atoms with Gasteiger partial charge in [0.2, 0.25) is 23.6 Å². The topological polar surface area (TPSA) is 81.2 Å². The number of hydrogen-bond donors (Lipinski definition) is 0. The molecule has 1 aliphatic rings. The third-order valence-corrected chi connectivity index (χ3v) is 7.19. The molecule has 0 unspecified atom stereocenters. The number of rotatable bonds is 6. The molecular formula is C32H36N4O4. The Labute approximate surface area is 236 Å². The molecule has 1 aliphatic heterocycles. The lowest BCUT2D eigenvalue weighted by molar-refractivity contribution is -0.146. The molecule has 0 spiro atoms. The maximum atomic E-state index is 13.6. The van der Waals surface area contributed by atoms with Crippen LogP contribution in [0.4, 0.5) is 0 Å². The van der Waals surface area contributed by atoms with E-state index >= 15 is 0 Å². The van der Waals surface area contributed by atoms with Gasteiger partial charge in [0.15, 0.2) is 0 Å². The van der Waals surface area contributed by atoms with E-state index in [9.17, 15) is 19.2 Å². The number of amides is 4. The van der Waals surface area contributed by atoms with Crippen molar-refractivity contribution in [1.82, 2.24) is 19.6 Å². The second kappa shape index (κ2) is 14.6. The molecule has 3 rings (SSSR count). The Bertz CT molecular complexity index is 1170. The number of terminal acetylenes is 2. The number of carbonyl (C=O) groups excluding carboxylic acids is 4. The molecule has 0 saturated carbocycles. The van der Waals surface area contributed by atoms with Crippen LogP contribution in [0.3, 0.4) is 0 Å². The smallest absolute Gasteiger partial charge is 0.242 e. The molecule has 8 nitrogen and oxygen atoms in total. The molecule has 0 aromatic heterocycles. The highest BCUT2D eigenvalue weighted by Crippen LogP contribution is 2.23. The molecule has 4 amide bonds. The highest BCUT2D eigenvalue weighted by molar-refractivity contribution is 5.88.